The first-order valence-electron chi connectivity index (χ1n) is 10.1. The Balaban J connectivity index is 1.74. The smallest absolute Gasteiger partial charge is 0.272 e. The molecule has 0 bridgehead atoms. The van der Waals surface area contributed by atoms with Gasteiger partial charge in [0.2, 0.25) is 5.91 Å². The van der Waals surface area contributed by atoms with Crippen LogP contribution in [0, 0.1) is 12.3 Å². The molecule has 1 spiro atoms. The van der Waals surface area contributed by atoms with Gasteiger partial charge in [-0.1, -0.05) is 13.3 Å². The third-order valence-corrected chi connectivity index (χ3v) is 5.90. The van der Waals surface area contributed by atoms with Crippen LogP contribution in [0.5, 0.6) is 0 Å². The van der Waals surface area contributed by atoms with Gasteiger partial charge in [-0.05, 0) is 45.6 Å². The minimum Gasteiger partial charge on any atom is -0.342 e. The molecule has 0 N–H and O–H groups in total. The minimum absolute atomic E-state index is 0.0711. The van der Waals surface area contributed by atoms with Crippen molar-refractivity contribution in [3.05, 3.63) is 17.5 Å². The van der Waals surface area contributed by atoms with E-state index in [4.69, 9.17) is 0 Å². The van der Waals surface area contributed by atoms with Crippen LogP contribution in [0.3, 0.4) is 0 Å². The number of amides is 2. The van der Waals surface area contributed by atoms with E-state index in [9.17, 15) is 9.59 Å². The standard InChI is InChI=1S/C20H32N4O2/c1-4-6-11-22-14-20(10-8-18(22)25)9-7-12-23(15-20)19(26)17-13-16(3)21-24(17)5-2/h13H,4-12,14-15H2,1-3H3. The van der Waals surface area contributed by atoms with Crippen LogP contribution in [-0.4, -0.2) is 57.6 Å². The highest BCUT2D eigenvalue weighted by molar-refractivity contribution is 5.93. The van der Waals surface area contributed by atoms with Crippen molar-refractivity contribution in [3.63, 3.8) is 0 Å². The van der Waals surface area contributed by atoms with Gasteiger partial charge < -0.3 is 9.80 Å². The SMILES string of the molecule is CCCCN1CC2(CCCN(C(=O)c3cc(C)nn3CC)C2)CCC1=O. The lowest BCUT2D eigenvalue weighted by atomic mass is 9.73. The molecule has 2 aliphatic heterocycles. The molecule has 1 aromatic rings. The second-order valence-electron chi connectivity index (χ2n) is 7.99. The Labute approximate surface area is 156 Å². The van der Waals surface area contributed by atoms with Gasteiger partial charge in [0.1, 0.15) is 5.69 Å². The number of unbranched alkanes of at least 4 members (excludes halogenated alkanes) is 1. The van der Waals surface area contributed by atoms with Crippen LogP contribution in [-0.2, 0) is 11.3 Å². The van der Waals surface area contributed by atoms with Crippen molar-refractivity contribution in [2.24, 2.45) is 5.41 Å². The van der Waals surface area contributed by atoms with Crippen LogP contribution in [0.25, 0.3) is 0 Å². The summed E-state index contributed by atoms with van der Waals surface area (Å²) in [6, 6.07) is 1.89. The monoisotopic (exact) mass is 360 g/mol. The van der Waals surface area contributed by atoms with Crippen molar-refractivity contribution in [2.75, 3.05) is 26.2 Å². The quantitative estimate of drug-likeness (QED) is 0.811. The van der Waals surface area contributed by atoms with Gasteiger partial charge in [-0.25, -0.2) is 0 Å². The molecular formula is C20H32N4O2. The maximum absolute atomic E-state index is 13.1. The summed E-state index contributed by atoms with van der Waals surface area (Å²) < 4.78 is 1.80. The molecule has 3 rings (SSSR count). The van der Waals surface area contributed by atoms with Gasteiger partial charge in [0.15, 0.2) is 0 Å². The second kappa shape index (κ2) is 7.80. The van der Waals surface area contributed by atoms with E-state index < -0.39 is 0 Å². The molecule has 2 aliphatic rings. The molecule has 3 heterocycles. The molecule has 2 fully saturated rings. The van der Waals surface area contributed by atoms with E-state index in [2.05, 4.69) is 12.0 Å². The minimum atomic E-state index is 0.0711. The lowest BCUT2D eigenvalue weighted by Gasteiger charge is -2.48. The van der Waals surface area contributed by atoms with Gasteiger partial charge in [-0.2, -0.15) is 5.10 Å². The average Bonchev–Trinajstić information content (AvgIpc) is 3.03. The number of nitrogens with zero attached hydrogens (tertiary/aromatic N) is 4. The molecule has 0 aromatic carbocycles. The lowest BCUT2D eigenvalue weighted by molar-refractivity contribution is -0.139. The summed E-state index contributed by atoms with van der Waals surface area (Å²) in [6.45, 7) is 10.0. The Bertz CT molecular complexity index is 669. The number of rotatable bonds is 5. The Hall–Kier alpha value is -1.85. The van der Waals surface area contributed by atoms with E-state index in [-0.39, 0.29) is 17.2 Å². The molecule has 26 heavy (non-hydrogen) atoms. The van der Waals surface area contributed by atoms with Crippen molar-refractivity contribution in [2.45, 2.75) is 65.8 Å². The van der Waals surface area contributed by atoms with Gasteiger partial charge in [0, 0.05) is 44.6 Å². The van der Waals surface area contributed by atoms with Crippen LogP contribution >= 0.6 is 0 Å². The number of aromatic nitrogens is 2. The van der Waals surface area contributed by atoms with Crippen LogP contribution in [0.2, 0.25) is 0 Å². The number of piperidine rings is 2. The van der Waals surface area contributed by atoms with Gasteiger partial charge >= 0.3 is 0 Å². The molecule has 0 aliphatic carbocycles. The van der Waals surface area contributed by atoms with E-state index in [0.29, 0.717) is 18.7 Å². The van der Waals surface area contributed by atoms with Crippen molar-refractivity contribution < 1.29 is 9.59 Å². The summed E-state index contributed by atoms with van der Waals surface area (Å²) in [5, 5.41) is 4.42. The molecule has 1 aromatic heterocycles. The second-order valence-corrected chi connectivity index (χ2v) is 7.99. The number of hydrogen-bond acceptors (Lipinski definition) is 3. The van der Waals surface area contributed by atoms with Gasteiger partial charge in [-0.3, -0.25) is 14.3 Å². The maximum atomic E-state index is 13.1. The zero-order chi connectivity index (χ0) is 18.7. The van der Waals surface area contributed by atoms with Gasteiger partial charge in [-0.15, -0.1) is 0 Å². The number of carbonyl (C=O) groups is 2. The van der Waals surface area contributed by atoms with Crippen molar-refractivity contribution in [1.29, 1.82) is 0 Å². The highest BCUT2D eigenvalue weighted by atomic mass is 16.2. The Morgan fingerprint density at radius 2 is 2.08 bits per heavy atom. The van der Waals surface area contributed by atoms with E-state index in [0.717, 1.165) is 64.0 Å². The predicted octanol–water partition coefficient (Wildman–Crippen LogP) is 2.86. The number of hydrogen-bond donors (Lipinski definition) is 0. The first-order valence-corrected chi connectivity index (χ1v) is 10.1. The van der Waals surface area contributed by atoms with Crippen LogP contribution in [0.15, 0.2) is 6.07 Å². The number of carbonyl (C=O) groups excluding carboxylic acids is 2. The van der Waals surface area contributed by atoms with E-state index >= 15 is 0 Å². The van der Waals surface area contributed by atoms with E-state index in [1.807, 2.05) is 29.7 Å². The Morgan fingerprint density at radius 1 is 1.27 bits per heavy atom. The largest absolute Gasteiger partial charge is 0.342 e. The first kappa shape index (κ1) is 18.9. The summed E-state index contributed by atoms with van der Waals surface area (Å²) in [5.41, 5.74) is 1.65. The van der Waals surface area contributed by atoms with Crippen LogP contribution in [0.4, 0.5) is 0 Å². The normalized spacial score (nSPS) is 23.7. The zero-order valence-electron chi connectivity index (χ0n) is 16.5. The predicted molar refractivity (Wildman–Crippen MR) is 101 cm³/mol. The molecule has 2 amide bonds. The first-order chi connectivity index (χ1) is 12.5. The fourth-order valence-electron chi connectivity index (χ4n) is 4.49. The molecule has 1 atom stereocenters. The molecular weight excluding hydrogens is 328 g/mol. The third kappa shape index (κ3) is 3.79. The zero-order valence-corrected chi connectivity index (χ0v) is 16.5. The average molecular weight is 361 g/mol. The van der Waals surface area contributed by atoms with E-state index in [1.54, 1.807) is 4.68 Å². The Morgan fingerprint density at radius 3 is 2.81 bits per heavy atom. The molecule has 1 unspecified atom stereocenters. The topological polar surface area (TPSA) is 58.4 Å². The van der Waals surface area contributed by atoms with Crippen molar-refractivity contribution in [3.8, 4) is 0 Å². The van der Waals surface area contributed by atoms with Crippen molar-refractivity contribution >= 4 is 11.8 Å². The van der Waals surface area contributed by atoms with E-state index in [1.165, 1.54) is 0 Å². The Kier molecular flexibility index (Phi) is 5.68. The summed E-state index contributed by atoms with van der Waals surface area (Å²) in [5.74, 6) is 0.371. The summed E-state index contributed by atoms with van der Waals surface area (Å²) in [7, 11) is 0. The molecule has 6 heteroatoms. The summed E-state index contributed by atoms with van der Waals surface area (Å²) in [4.78, 5) is 29.4. The number of likely N-dealkylation sites (tertiary alicyclic amines) is 2. The summed E-state index contributed by atoms with van der Waals surface area (Å²) >= 11 is 0. The lowest BCUT2D eigenvalue weighted by Crippen LogP contribution is -2.55. The molecule has 2 saturated heterocycles. The number of aryl methyl sites for hydroxylation is 2. The fourth-order valence-corrected chi connectivity index (χ4v) is 4.49. The van der Waals surface area contributed by atoms with Gasteiger partial charge in [0.25, 0.3) is 5.91 Å². The van der Waals surface area contributed by atoms with Crippen molar-refractivity contribution in [1.82, 2.24) is 19.6 Å². The van der Waals surface area contributed by atoms with Crippen LogP contribution in [0.1, 0.15) is 68.6 Å². The molecule has 0 saturated carbocycles. The highest BCUT2D eigenvalue weighted by Crippen LogP contribution is 2.39. The molecule has 144 valence electrons. The highest BCUT2D eigenvalue weighted by Gasteiger charge is 2.42. The van der Waals surface area contributed by atoms with Crippen LogP contribution < -0.4 is 0 Å². The molecule has 6 nitrogen and oxygen atoms in total. The fraction of sp³-hybridized carbons (Fsp3) is 0.750. The maximum Gasteiger partial charge on any atom is 0.272 e. The third-order valence-electron chi connectivity index (χ3n) is 5.90. The van der Waals surface area contributed by atoms with Gasteiger partial charge in [0.05, 0.1) is 5.69 Å². The summed E-state index contributed by atoms with van der Waals surface area (Å²) in [6.07, 6.45) is 5.81. The molecule has 0 radical (unpaired) electrons.